The van der Waals surface area contributed by atoms with E-state index in [0.717, 1.165) is 6.42 Å². The summed E-state index contributed by atoms with van der Waals surface area (Å²) in [4.78, 5) is 26.5. The van der Waals surface area contributed by atoms with Crippen molar-refractivity contribution < 1.29 is 19.4 Å². The Balaban J connectivity index is 2.05. The van der Waals surface area contributed by atoms with Gasteiger partial charge in [0.05, 0.1) is 17.8 Å². The SMILES string of the molecule is CC1(NC(=O)Nc2cccnc2C(=O)O)CCOC1. The van der Waals surface area contributed by atoms with Crippen molar-refractivity contribution in [2.24, 2.45) is 0 Å². The van der Waals surface area contributed by atoms with E-state index in [-0.39, 0.29) is 11.4 Å². The van der Waals surface area contributed by atoms with Crippen LogP contribution in [0.4, 0.5) is 10.5 Å². The Morgan fingerprint density at radius 1 is 1.53 bits per heavy atom. The number of urea groups is 1. The van der Waals surface area contributed by atoms with Gasteiger partial charge >= 0.3 is 12.0 Å². The molecule has 2 heterocycles. The van der Waals surface area contributed by atoms with Crippen molar-refractivity contribution in [3.63, 3.8) is 0 Å². The molecular formula is C12H15N3O4. The number of amides is 2. The second kappa shape index (κ2) is 5.23. The summed E-state index contributed by atoms with van der Waals surface area (Å²) in [5.41, 5.74) is -0.448. The van der Waals surface area contributed by atoms with Gasteiger partial charge < -0.3 is 20.5 Å². The average Bonchev–Trinajstić information content (AvgIpc) is 2.75. The van der Waals surface area contributed by atoms with Crippen LogP contribution in [0.25, 0.3) is 0 Å². The highest BCUT2D eigenvalue weighted by atomic mass is 16.5. The molecule has 1 saturated heterocycles. The van der Waals surface area contributed by atoms with Crippen LogP contribution in [0, 0.1) is 0 Å². The summed E-state index contributed by atoms with van der Waals surface area (Å²) in [5, 5.41) is 14.2. The highest BCUT2D eigenvalue weighted by molar-refractivity contribution is 5.98. The molecule has 3 N–H and O–H groups in total. The molecule has 19 heavy (non-hydrogen) atoms. The fourth-order valence-corrected chi connectivity index (χ4v) is 1.87. The maximum absolute atomic E-state index is 11.8. The van der Waals surface area contributed by atoms with Crippen molar-refractivity contribution >= 4 is 17.7 Å². The molecule has 1 aliphatic rings. The number of pyridine rings is 1. The second-order valence-corrected chi connectivity index (χ2v) is 4.65. The Morgan fingerprint density at radius 3 is 2.95 bits per heavy atom. The van der Waals surface area contributed by atoms with E-state index in [9.17, 15) is 9.59 Å². The Labute approximate surface area is 110 Å². The van der Waals surface area contributed by atoms with E-state index >= 15 is 0 Å². The molecule has 7 nitrogen and oxygen atoms in total. The molecule has 0 aliphatic carbocycles. The van der Waals surface area contributed by atoms with Gasteiger partial charge in [0.15, 0.2) is 5.69 Å². The predicted octanol–water partition coefficient (Wildman–Crippen LogP) is 1.08. The van der Waals surface area contributed by atoms with E-state index < -0.39 is 17.5 Å². The molecule has 7 heteroatoms. The fourth-order valence-electron chi connectivity index (χ4n) is 1.87. The van der Waals surface area contributed by atoms with Crippen LogP contribution in [0.2, 0.25) is 0 Å². The number of carbonyl (C=O) groups excluding carboxylic acids is 1. The average molecular weight is 265 g/mol. The molecule has 0 saturated carbocycles. The summed E-state index contributed by atoms with van der Waals surface area (Å²) < 4.78 is 5.22. The van der Waals surface area contributed by atoms with E-state index in [1.807, 2.05) is 6.92 Å². The van der Waals surface area contributed by atoms with E-state index in [0.29, 0.717) is 13.2 Å². The zero-order valence-corrected chi connectivity index (χ0v) is 10.5. The topological polar surface area (TPSA) is 101 Å². The first-order valence-electron chi connectivity index (χ1n) is 5.85. The number of nitrogens with zero attached hydrogens (tertiary/aromatic N) is 1. The molecule has 102 valence electrons. The van der Waals surface area contributed by atoms with Gasteiger partial charge in [0, 0.05) is 12.8 Å². The van der Waals surface area contributed by atoms with Crippen molar-refractivity contribution in [3.05, 3.63) is 24.0 Å². The molecule has 1 aromatic rings. The van der Waals surface area contributed by atoms with Gasteiger partial charge in [-0.25, -0.2) is 14.6 Å². The highest BCUT2D eigenvalue weighted by Gasteiger charge is 2.31. The third-order valence-electron chi connectivity index (χ3n) is 2.89. The molecule has 0 radical (unpaired) electrons. The third-order valence-corrected chi connectivity index (χ3v) is 2.89. The minimum absolute atomic E-state index is 0.162. The van der Waals surface area contributed by atoms with Crippen molar-refractivity contribution in [2.45, 2.75) is 18.9 Å². The molecule has 1 unspecified atom stereocenters. The van der Waals surface area contributed by atoms with Gasteiger partial charge in [0.2, 0.25) is 0 Å². The van der Waals surface area contributed by atoms with Gasteiger partial charge in [-0.15, -0.1) is 0 Å². The monoisotopic (exact) mass is 265 g/mol. The first-order valence-corrected chi connectivity index (χ1v) is 5.85. The van der Waals surface area contributed by atoms with Gasteiger partial charge in [-0.1, -0.05) is 0 Å². The maximum Gasteiger partial charge on any atom is 0.356 e. The van der Waals surface area contributed by atoms with Crippen LogP contribution in [0.15, 0.2) is 18.3 Å². The van der Waals surface area contributed by atoms with Gasteiger partial charge in [-0.2, -0.15) is 0 Å². The van der Waals surface area contributed by atoms with Crippen molar-refractivity contribution in [1.82, 2.24) is 10.3 Å². The van der Waals surface area contributed by atoms with Crippen LogP contribution in [0.5, 0.6) is 0 Å². The van der Waals surface area contributed by atoms with Gasteiger partial charge in [-0.3, -0.25) is 0 Å². The summed E-state index contributed by atoms with van der Waals surface area (Å²) in [6.45, 7) is 2.92. The summed E-state index contributed by atoms with van der Waals surface area (Å²) >= 11 is 0. The number of ether oxygens (including phenoxy) is 1. The van der Waals surface area contributed by atoms with Gasteiger partial charge in [0.1, 0.15) is 0 Å². The van der Waals surface area contributed by atoms with Crippen LogP contribution in [0.1, 0.15) is 23.8 Å². The third kappa shape index (κ3) is 3.19. The molecule has 0 bridgehead atoms. The first kappa shape index (κ1) is 13.3. The van der Waals surface area contributed by atoms with Crippen LogP contribution in [0.3, 0.4) is 0 Å². The minimum Gasteiger partial charge on any atom is -0.476 e. The lowest BCUT2D eigenvalue weighted by molar-refractivity contribution is 0.0691. The largest absolute Gasteiger partial charge is 0.476 e. The van der Waals surface area contributed by atoms with E-state index in [1.54, 1.807) is 6.07 Å². The smallest absolute Gasteiger partial charge is 0.356 e. The van der Waals surface area contributed by atoms with Crippen LogP contribution in [-0.2, 0) is 4.74 Å². The van der Waals surface area contributed by atoms with E-state index in [1.165, 1.54) is 12.3 Å². The Hall–Kier alpha value is -2.15. The van der Waals surface area contributed by atoms with E-state index in [4.69, 9.17) is 9.84 Å². The van der Waals surface area contributed by atoms with Crippen LogP contribution < -0.4 is 10.6 Å². The quantitative estimate of drug-likeness (QED) is 0.759. The zero-order valence-electron chi connectivity index (χ0n) is 10.5. The molecule has 2 amide bonds. The lowest BCUT2D eigenvalue weighted by Gasteiger charge is -2.23. The Bertz CT molecular complexity index is 498. The number of carbonyl (C=O) groups is 2. The Morgan fingerprint density at radius 2 is 2.32 bits per heavy atom. The van der Waals surface area contributed by atoms with Crippen LogP contribution in [-0.4, -0.2) is 40.8 Å². The number of carboxylic acid groups (broad SMARTS) is 1. The molecule has 2 rings (SSSR count). The number of nitrogens with one attached hydrogen (secondary N) is 2. The predicted molar refractivity (Wildman–Crippen MR) is 67.2 cm³/mol. The molecule has 1 aliphatic heterocycles. The Kier molecular flexibility index (Phi) is 3.66. The molecule has 0 aromatic carbocycles. The number of aromatic carboxylic acids is 1. The standard InChI is InChI=1S/C12H15N3O4/c1-12(4-6-19-7-12)15-11(18)14-8-3-2-5-13-9(8)10(16)17/h2-3,5H,4,6-7H2,1H3,(H,16,17)(H2,14,15,18). The summed E-state index contributed by atoms with van der Waals surface area (Å²) in [7, 11) is 0. The molecule has 0 spiro atoms. The molecular weight excluding hydrogens is 250 g/mol. The van der Waals surface area contributed by atoms with Crippen molar-refractivity contribution in [2.75, 3.05) is 18.5 Å². The summed E-state index contributed by atoms with van der Waals surface area (Å²) in [5.74, 6) is -1.19. The molecule has 1 fully saturated rings. The number of hydrogen-bond acceptors (Lipinski definition) is 4. The lowest BCUT2D eigenvalue weighted by atomic mass is 10.0. The molecule has 1 atom stereocenters. The summed E-state index contributed by atoms with van der Waals surface area (Å²) in [6.07, 6.45) is 2.08. The van der Waals surface area contributed by atoms with Crippen LogP contribution >= 0.6 is 0 Å². The number of aromatic nitrogens is 1. The zero-order chi connectivity index (χ0) is 13.9. The lowest BCUT2D eigenvalue weighted by Crippen LogP contribution is -2.48. The number of anilines is 1. The highest BCUT2D eigenvalue weighted by Crippen LogP contribution is 2.18. The number of hydrogen-bond donors (Lipinski definition) is 3. The second-order valence-electron chi connectivity index (χ2n) is 4.65. The fraction of sp³-hybridized carbons (Fsp3) is 0.417. The van der Waals surface area contributed by atoms with Gasteiger partial charge in [-0.05, 0) is 25.5 Å². The van der Waals surface area contributed by atoms with Crippen molar-refractivity contribution in [1.29, 1.82) is 0 Å². The first-order chi connectivity index (χ1) is 9.00. The number of rotatable bonds is 3. The minimum atomic E-state index is -1.19. The normalized spacial score (nSPS) is 21.9. The maximum atomic E-state index is 11.8. The van der Waals surface area contributed by atoms with E-state index in [2.05, 4.69) is 15.6 Å². The van der Waals surface area contributed by atoms with Crippen molar-refractivity contribution in [3.8, 4) is 0 Å². The number of carboxylic acids is 1. The summed E-state index contributed by atoms with van der Waals surface area (Å²) in [6, 6.07) is 2.58. The molecule has 1 aromatic heterocycles. The van der Waals surface area contributed by atoms with Gasteiger partial charge in [0.25, 0.3) is 0 Å².